The average Bonchev–Trinajstić information content (AvgIpc) is 2.64. The van der Waals surface area contributed by atoms with E-state index in [0.717, 1.165) is 21.8 Å². The van der Waals surface area contributed by atoms with Crippen molar-refractivity contribution in [2.24, 2.45) is 5.16 Å². The third kappa shape index (κ3) is 4.57. The minimum absolute atomic E-state index is 0.240. The second-order valence-corrected chi connectivity index (χ2v) is 7.12. The van der Waals surface area contributed by atoms with Gasteiger partial charge in [-0.15, -0.1) is 0 Å². The van der Waals surface area contributed by atoms with Crippen LogP contribution in [-0.2, 0) is 0 Å². The summed E-state index contributed by atoms with van der Waals surface area (Å²) in [6.07, 6.45) is 1.87. The molecule has 0 aliphatic rings. The van der Waals surface area contributed by atoms with Gasteiger partial charge in [-0.1, -0.05) is 39.3 Å². The van der Waals surface area contributed by atoms with Gasteiger partial charge in [0.05, 0.1) is 5.71 Å². The predicted molar refractivity (Wildman–Crippen MR) is 104 cm³/mol. The molecule has 1 N–H and O–H groups in total. The number of aromatic nitrogens is 1. The maximum atomic E-state index is 14.5. The van der Waals surface area contributed by atoms with E-state index in [2.05, 4.69) is 26.1 Å². The van der Waals surface area contributed by atoms with Crippen LogP contribution in [0.1, 0.15) is 34.7 Å². The Bertz CT molecular complexity index is 974. The molecule has 3 aromatic rings. The Hall–Kier alpha value is -2.60. The molecule has 27 heavy (non-hydrogen) atoms. The average molecular weight is 431 g/mol. The van der Waals surface area contributed by atoms with Crippen LogP contribution in [0.4, 0.5) is 8.78 Å². The van der Waals surface area contributed by atoms with Crippen molar-refractivity contribution in [3.05, 3.63) is 99.3 Å². The Morgan fingerprint density at radius 3 is 2.48 bits per heavy atom. The quantitative estimate of drug-likeness (QED) is 0.314. The molecule has 1 unspecified atom stereocenters. The summed E-state index contributed by atoms with van der Waals surface area (Å²) in [6, 6.07) is 14.5. The highest BCUT2D eigenvalue weighted by Crippen LogP contribution is 2.32. The Morgan fingerprint density at radius 2 is 1.85 bits per heavy atom. The molecule has 1 aromatic heterocycles. The number of benzene rings is 2. The lowest BCUT2D eigenvalue weighted by Crippen LogP contribution is -2.12. The van der Waals surface area contributed by atoms with Crippen LogP contribution in [0.2, 0.25) is 0 Å². The van der Waals surface area contributed by atoms with Gasteiger partial charge in [0, 0.05) is 40.3 Å². The largest absolute Gasteiger partial charge is 0.411 e. The third-order valence-corrected chi connectivity index (χ3v) is 4.89. The molecular weight excluding hydrogens is 414 g/mol. The summed E-state index contributed by atoms with van der Waals surface area (Å²) in [5, 5.41) is 13.0. The lowest BCUT2D eigenvalue weighted by atomic mass is 9.85. The molecule has 3 rings (SSSR count). The van der Waals surface area contributed by atoms with Crippen molar-refractivity contribution in [1.82, 2.24) is 4.98 Å². The molecule has 2 aromatic carbocycles. The molecule has 3 nitrogen and oxygen atoms in total. The van der Waals surface area contributed by atoms with E-state index in [9.17, 15) is 14.0 Å². The molecule has 1 atom stereocenters. The summed E-state index contributed by atoms with van der Waals surface area (Å²) in [5.74, 6) is -1.71. The number of hydrogen-bond acceptors (Lipinski definition) is 3. The van der Waals surface area contributed by atoms with Crippen LogP contribution in [-0.4, -0.2) is 15.9 Å². The fraction of sp³-hybridized carbons (Fsp3) is 0.143. The van der Waals surface area contributed by atoms with Crippen molar-refractivity contribution in [2.75, 3.05) is 0 Å². The van der Waals surface area contributed by atoms with Gasteiger partial charge in [0.2, 0.25) is 0 Å². The highest BCUT2D eigenvalue weighted by molar-refractivity contribution is 9.10. The van der Waals surface area contributed by atoms with Gasteiger partial charge < -0.3 is 5.21 Å². The van der Waals surface area contributed by atoms with Gasteiger partial charge in [-0.3, -0.25) is 4.98 Å². The fourth-order valence-electron chi connectivity index (χ4n) is 3.02. The predicted octanol–water partition coefficient (Wildman–Crippen LogP) is 5.83. The van der Waals surface area contributed by atoms with Crippen molar-refractivity contribution >= 4 is 21.6 Å². The molecule has 138 valence electrons. The summed E-state index contributed by atoms with van der Waals surface area (Å²) < 4.78 is 28.8. The second kappa shape index (κ2) is 8.39. The first-order valence-corrected chi connectivity index (χ1v) is 9.11. The molecule has 0 aliphatic carbocycles. The van der Waals surface area contributed by atoms with E-state index in [4.69, 9.17) is 0 Å². The number of aryl methyl sites for hydroxylation is 1. The van der Waals surface area contributed by atoms with Gasteiger partial charge in [0.15, 0.2) is 0 Å². The van der Waals surface area contributed by atoms with E-state index >= 15 is 0 Å². The summed E-state index contributed by atoms with van der Waals surface area (Å²) in [5.41, 5.74) is 3.05. The van der Waals surface area contributed by atoms with Crippen LogP contribution in [0.25, 0.3) is 0 Å². The molecule has 6 heteroatoms. The summed E-state index contributed by atoms with van der Waals surface area (Å²) in [6.45, 7) is 1.84. The molecular formula is C21H17BrF2N2O. The lowest BCUT2D eigenvalue weighted by molar-refractivity contribution is 0.317. The van der Waals surface area contributed by atoms with Gasteiger partial charge in [-0.05, 0) is 48.4 Å². The van der Waals surface area contributed by atoms with Crippen molar-refractivity contribution in [2.45, 2.75) is 19.3 Å². The maximum absolute atomic E-state index is 14.5. The van der Waals surface area contributed by atoms with E-state index in [1.165, 1.54) is 12.1 Å². The Balaban J connectivity index is 2.05. The minimum atomic E-state index is -0.633. The van der Waals surface area contributed by atoms with Gasteiger partial charge in [0.1, 0.15) is 11.6 Å². The van der Waals surface area contributed by atoms with Gasteiger partial charge in [-0.25, -0.2) is 8.78 Å². The standard InChI is InChI=1S/C21H17BrF2N2O/c1-13-10-15(8-9-25-13)21(26-27)12-19(14-2-4-16(22)5-3-14)18-7-6-17(23)11-20(18)24/h2-11,19,27H,12H2,1H3. The molecule has 0 bridgehead atoms. The number of pyridine rings is 1. The Morgan fingerprint density at radius 1 is 1.11 bits per heavy atom. The third-order valence-electron chi connectivity index (χ3n) is 4.36. The van der Waals surface area contributed by atoms with Crippen molar-refractivity contribution in [1.29, 1.82) is 0 Å². The summed E-state index contributed by atoms with van der Waals surface area (Å²) in [4.78, 5) is 4.14. The summed E-state index contributed by atoms with van der Waals surface area (Å²) in [7, 11) is 0. The number of hydrogen-bond donors (Lipinski definition) is 1. The van der Waals surface area contributed by atoms with Gasteiger partial charge in [-0.2, -0.15) is 0 Å². The number of oxime groups is 1. The van der Waals surface area contributed by atoms with Crippen molar-refractivity contribution in [3.63, 3.8) is 0 Å². The maximum Gasteiger partial charge on any atom is 0.129 e. The van der Waals surface area contributed by atoms with Crippen LogP contribution in [0, 0.1) is 18.6 Å². The zero-order valence-electron chi connectivity index (χ0n) is 14.5. The number of rotatable bonds is 5. The molecule has 0 saturated carbocycles. The zero-order valence-corrected chi connectivity index (χ0v) is 16.1. The Kier molecular flexibility index (Phi) is 5.96. The van der Waals surface area contributed by atoms with Crippen LogP contribution < -0.4 is 0 Å². The molecule has 0 saturated heterocycles. The van der Waals surface area contributed by atoms with E-state index in [1.54, 1.807) is 18.3 Å². The van der Waals surface area contributed by atoms with Crippen molar-refractivity contribution in [3.8, 4) is 0 Å². The van der Waals surface area contributed by atoms with E-state index in [0.29, 0.717) is 16.8 Å². The summed E-state index contributed by atoms with van der Waals surface area (Å²) >= 11 is 3.39. The smallest absolute Gasteiger partial charge is 0.129 e. The molecule has 0 amide bonds. The van der Waals surface area contributed by atoms with E-state index in [1.807, 2.05) is 31.2 Å². The van der Waals surface area contributed by atoms with E-state index in [-0.39, 0.29) is 6.42 Å². The molecule has 0 spiro atoms. The molecule has 0 fully saturated rings. The second-order valence-electron chi connectivity index (χ2n) is 6.21. The highest BCUT2D eigenvalue weighted by Gasteiger charge is 2.22. The fourth-order valence-corrected chi connectivity index (χ4v) is 3.29. The minimum Gasteiger partial charge on any atom is -0.411 e. The van der Waals surface area contributed by atoms with Gasteiger partial charge >= 0.3 is 0 Å². The SMILES string of the molecule is Cc1cc(C(CC(c2ccc(Br)cc2)c2ccc(F)cc2F)=NO)ccn1. The van der Waals surface area contributed by atoms with Crippen LogP contribution in [0.15, 0.2) is 70.4 Å². The topological polar surface area (TPSA) is 45.5 Å². The van der Waals surface area contributed by atoms with Crippen molar-refractivity contribution < 1.29 is 14.0 Å². The number of halogens is 3. The zero-order chi connectivity index (χ0) is 19.4. The monoisotopic (exact) mass is 430 g/mol. The normalized spacial score (nSPS) is 12.8. The molecule has 0 radical (unpaired) electrons. The molecule has 1 heterocycles. The number of nitrogens with zero attached hydrogens (tertiary/aromatic N) is 2. The highest BCUT2D eigenvalue weighted by atomic mass is 79.9. The first kappa shape index (κ1) is 19.2. The van der Waals surface area contributed by atoms with Gasteiger partial charge in [0.25, 0.3) is 0 Å². The van der Waals surface area contributed by atoms with E-state index < -0.39 is 17.6 Å². The van der Waals surface area contributed by atoms with Crippen LogP contribution >= 0.6 is 15.9 Å². The first-order valence-electron chi connectivity index (χ1n) is 8.32. The van der Waals surface area contributed by atoms with Crippen LogP contribution in [0.3, 0.4) is 0 Å². The van der Waals surface area contributed by atoms with Crippen LogP contribution in [0.5, 0.6) is 0 Å². The molecule has 0 aliphatic heterocycles. The Labute approximate surface area is 164 Å². The first-order chi connectivity index (χ1) is 13.0. The lowest BCUT2D eigenvalue weighted by Gasteiger charge is -2.20.